The van der Waals surface area contributed by atoms with Crippen LogP contribution < -0.4 is 4.74 Å². The van der Waals surface area contributed by atoms with Crippen LogP contribution in [-0.4, -0.2) is 15.2 Å². The highest BCUT2D eigenvalue weighted by Gasteiger charge is 2.21. The highest BCUT2D eigenvalue weighted by atomic mass is 35.5. The lowest BCUT2D eigenvalue weighted by atomic mass is 10.1. The van der Waals surface area contributed by atoms with Gasteiger partial charge >= 0.3 is 0 Å². The van der Waals surface area contributed by atoms with Gasteiger partial charge in [-0.15, -0.1) is 10.2 Å². The third-order valence-corrected chi connectivity index (χ3v) is 5.73. The molecule has 0 aliphatic carbocycles. The van der Waals surface area contributed by atoms with Gasteiger partial charge in [0.2, 0.25) is 11.8 Å². The first kappa shape index (κ1) is 27.5. The zero-order valence-electron chi connectivity index (χ0n) is 21.6. The van der Waals surface area contributed by atoms with E-state index in [-0.39, 0.29) is 52.0 Å². The van der Waals surface area contributed by atoms with Crippen molar-refractivity contribution in [3.8, 4) is 40.6 Å². The Morgan fingerprint density at radius 2 is 1.69 bits per heavy atom. The highest BCUT2D eigenvalue weighted by Crippen LogP contribution is 2.36. The number of aromatic nitrogens is 3. The zero-order valence-corrected chi connectivity index (χ0v) is 22.3. The predicted octanol–water partition coefficient (Wildman–Crippen LogP) is 8.22. The summed E-state index contributed by atoms with van der Waals surface area (Å²) in [5.74, 6) is -0.0236. The fraction of sp³-hybridized carbons (Fsp3) is 0.172. The summed E-state index contributed by atoms with van der Waals surface area (Å²) in [4.78, 5) is 4.39. The van der Waals surface area contributed by atoms with Gasteiger partial charge in [0, 0.05) is 11.1 Å². The van der Waals surface area contributed by atoms with Crippen LogP contribution in [0.15, 0.2) is 63.4 Å². The molecular formula is C29H23ClF2N4O3. The smallest absolute Gasteiger partial charge is 0.269 e. The van der Waals surface area contributed by atoms with Crippen molar-refractivity contribution in [1.29, 1.82) is 5.26 Å². The van der Waals surface area contributed by atoms with Crippen LogP contribution in [0.5, 0.6) is 11.5 Å². The molecule has 39 heavy (non-hydrogen) atoms. The molecule has 2 heterocycles. The average molecular weight is 549 g/mol. The number of benzene rings is 3. The summed E-state index contributed by atoms with van der Waals surface area (Å²) in [6.07, 6.45) is -0.0364. The number of ether oxygens (including phenoxy) is 1. The molecule has 0 spiro atoms. The molecule has 0 aliphatic rings. The average Bonchev–Trinajstić information content (AvgIpc) is 3.55. The van der Waals surface area contributed by atoms with Gasteiger partial charge < -0.3 is 13.6 Å². The van der Waals surface area contributed by atoms with E-state index >= 15 is 4.39 Å². The summed E-state index contributed by atoms with van der Waals surface area (Å²) in [5.41, 5.74) is 2.29. The van der Waals surface area contributed by atoms with Gasteiger partial charge in [0.25, 0.3) is 5.89 Å². The Labute approximate surface area is 228 Å². The second kappa shape index (κ2) is 11.9. The van der Waals surface area contributed by atoms with Crippen LogP contribution in [0.2, 0.25) is 5.02 Å². The van der Waals surface area contributed by atoms with E-state index in [9.17, 15) is 9.65 Å². The summed E-state index contributed by atoms with van der Waals surface area (Å²) in [7, 11) is 0. The van der Waals surface area contributed by atoms with Gasteiger partial charge in [-0.3, -0.25) is 0 Å². The molecule has 5 aromatic rings. The monoisotopic (exact) mass is 548 g/mol. The molecule has 0 radical (unpaired) electrons. The second-order valence-corrected chi connectivity index (χ2v) is 8.61. The zero-order chi connectivity index (χ0) is 28.1. The number of nitrogens with zero attached hydrogens (tertiary/aromatic N) is 4. The van der Waals surface area contributed by atoms with Crippen LogP contribution in [0.1, 0.15) is 42.2 Å². The van der Waals surface area contributed by atoms with Gasteiger partial charge in [0.1, 0.15) is 17.3 Å². The van der Waals surface area contributed by atoms with Gasteiger partial charge in [-0.05, 0) is 67.9 Å². The van der Waals surface area contributed by atoms with Crippen molar-refractivity contribution in [2.24, 2.45) is 0 Å². The summed E-state index contributed by atoms with van der Waals surface area (Å²) in [5, 5.41) is 17.3. The maximum absolute atomic E-state index is 15.4. The summed E-state index contributed by atoms with van der Waals surface area (Å²) in [6, 6.07) is 15.6. The number of rotatable bonds is 6. The number of aryl methyl sites for hydroxylation is 2. The van der Waals surface area contributed by atoms with Gasteiger partial charge in [-0.25, -0.2) is 13.8 Å². The molecule has 0 bridgehead atoms. The number of halogens is 3. The Morgan fingerprint density at radius 1 is 0.949 bits per heavy atom. The van der Waals surface area contributed by atoms with Crippen molar-refractivity contribution >= 4 is 11.6 Å². The number of hydrogen-bond donors (Lipinski definition) is 0. The lowest BCUT2D eigenvalue weighted by molar-refractivity contribution is 0.436. The van der Waals surface area contributed by atoms with E-state index in [0.717, 1.165) is 5.56 Å². The molecule has 0 atom stereocenters. The molecule has 3 aromatic carbocycles. The van der Waals surface area contributed by atoms with E-state index in [2.05, 4.69) is 15.2 Å². The van der Waals surface area contributed by atoms with Crippen LogP contribution in [0.3, 0.4) is 0 Å². The van der Waals surface area contributed by atoms with Crippen molar-refractivity contribution < 1.29 is 22.4 Å². The molecule has 0 N–H and O–H groups in total. The topological polar surface area (TPSA) is 98.0 Å². The van der Waals surface area contributed by atoms with Crippen LogP contribution in [0.25, 0.3) is 23.0 Å². The number of hydrogen-bond acceptors (Lipinski definition) is 7. The maximum atomic E-state index is 15.4. The molecule has 0 fully saturated rings. The number of nitriles is 1. The van der Waals surface area contributed by atoms with Gasteiger partial charge in [-0.2, -0.15) is 5.26 Å². The second-order valence-electron chi connectivity index (χ2n) is 8.21. The Morgan fingerprint density at radius 3 is 2.41 bits per heavy atom. The summed E-state index contributed by atoms with van der Waals surface area (Å²) >= 11 is 6.21. The first-order valence-electron chi connectivity index (χ1n) is 12.0. The van der Waals surface area contributed by atoms with Crippen LogP contribution in [0, 0.1) is 36.8 Å². The molecule has 7 nitrogen and oxygen atoms in total. The van der Waals surface area contributed by atoms with Crippen LogP contribution in [0.4, 0.5) is 8.78 Å². The van der Waals surface area contributed by atoms with Crippen LogP contribution >= 0.6 is 11.6 Å². The summed E-state index contributed by atoms with van der Waals surface area (Å²) in [6.45, 7) is 7.49. The standard InChI is InChI=1S/C27H17ClF2N4O3.C2H6/c1-14-9-16(13-31)11-20(10-14)36-25-21(28)8-5-18(23(25)30)12-22-33-34-27(37-22)24-15(2)35-26(32-24)17-3-6-19(29)7-4-17;1-2/h3-11H,12H2,1-2H3;1-2H3. The molecule has 0 saturated carbocycles. The van der Waals surface area contributed by atoms with Crippen molar-refractivity contribution in [2.45, 2.75) is 34.1 Å². The van der Waals surface area contributed by atoms with E-state index < -0.39 is 5.82 Å². The maximum Gasteiger partial charge on any atom is 0.269 e. The SMILES string of the molecule is CC.Cc1cc(C#N)cc(Oc2c(Cl)ccc(Cc3nnc(-c4nc(-c5ccc(F)cc5)oc4C)o3)c2F)c1. The Hall–Kier alpha value is -4.55. The Balaban J connectivity index is 0.00000172. The van der Waals surface area contributed by atoms with E-state index in [1.807, 2.05) is 19.9 Å². The quantitative estimate of drug-likeness (QED) is 0.211. The van der Waals surface area contributed by atoms with Crippen molar-refractivity contribution in [3.05, 3.63) is 99.6 Å². The molecule has 5 rings (SSSR count). The molecule has 0 aliphatic heterocycles. The predicted molar refractivity (Wildman–Crippen MR) is 141 cm³/mol. The van der Waals surface area contributed by atoms with Gasteiger partial charge in [-0.1, -0.05) is 31.5 Å². The normalized spacial score (nSPS) is 10.5. The minimum atomic E-state index is -0.691. The number of oxazole rings is 1. The third kappa shape index (κ3) is 6.13. The third-order valence-electron chi connectivity index (χ3n) is 5.43. The van der Waals surface area contributed by atoms with E-state index in [0.29, 0.717) is 22.6 Å². The fourth-order valence-corrected chi connectivity index (χ4v) is 3.87. The Kier molecular flexibility index (Phi) is 8.37. The van der Waals surface area contributed by atoms with E-state index in [4.69, 9.17) is 25.2 Å². The molecule has 2 aromatic heterocycles. The molecule has 0 saturated heterocycles. The fourth-order valence-electron chi connectivity index (χ4n) is 3.69. The minimum absolute atomic E-state index is 0.0364. The molecular weight excluding hydrogens is 526 g/mol. The molecule has 10 heteroatoms. The molecule has 0 unspecified atom stereocenters. The first-order valence-corrected chi connectivity index (χ1v) is 12.4. The highest BCUT2D eigenvalue weighted by molar-refractivity contribution is 6.32. The lowest BCUT2D eigenvalue weighted by Crippen LogP contribution is -1.98. The van der Waals surface area contributed by atoms with Gasteiger partial charge in [0.05, 0.1) is 23.1 Å². The first-order chi connectivity index (χ1) is 18.8. The lowest BCUT2D eigenvalue weighted by Gasteiger charge is -2.12. The van der Waals surface area contributed by atoms with E-state index in [1.165, 1.54) is 30.3 Å². The molecule has 0 amide bonds. The van der Waals surface area contributed by atoms with E-state index in [1.54, 1.807) is 38.1 Å². The molecule has 198 valence electrons. The van der Waals surface area contributed by atoms with Crippen LogP contribution in [-0.2, 0) is 6.42 Å². The minimum Gasteiger partial charge on any atom is -0.453 e. The Bertz CT molecular complexity index is 1660. The largest absolute Gasteiger partial charge is 0.453 e. The van der Waals surface area contributed by atoms with Gasteiger partial charge in [0.15, 0.2) is 17.3 Å². The summed E-state index contributed by atoms with van der Waals surface area (Å²) < 4.78 is 45.7. The van der Waals surface area contributed by atoms with Crippen molar-refractivity contribution in [2.75, 3.05) is 0 Å². The van der Waals surface area contributed by atoms with Crippen molar-refractivity contribution in [3.63, 3.8) is 0 Å². The van der Waals surface area contributed by atoms with Crippen molar-refractivity contribution in [1.82, 2.24) is 15.2 Å².